The summed E-state index contributed by atoms with van der Waals surface area (Å²) in [6.45, 7) is 9.84. The molecule has 0 aliphatic heterocycles. The Labute approximate surface area is 97.5 Å². The van der Waals surface area contributed by atoms with Crippen LogP contribution < -0.4 is 5.46 Å². The van der Waals surface area contributed by atoms with Crippen LogP contribution in [0.1, 0.15) is 11.1 Å². The lowest BCUT2D eigenvalue weighted by Crippen LogP contribution is -2.15. The molecule has 1 heteroatoms. The fourth-order valence-corrected chi connectivity index (χ4v) is 2.10. The highest BCUT2D eigenvalue weighted by atomic mass is 14.1. The molecule has 0 aliphatic carbocycles. The highest BCUT2D eigenvalue weighted by molar-refractivity contribution is 6.53. The highest BCUT2D eigenvalue weighted by Gasteiger charge is 2.07. The van der Waals surface area contributed by atoms with Crippen molar-refractivity contribution >= 4 is 35.7 Å². The molecule has 0 N–H and O–H groups in total. The van der Waals surface area contributed by atoms with E-state index >= 15 is 0 Å². The van der Waals surface area contributed by atoms with Crippen molar-refractivity contribution in [1.29, 1.82) is 0 Å². The Hall–Kier alpha value is -1.76. The van der Waals surface area contributed by atoms with E-state index in [9.17, 15) is 0 Å². The van der Waals surface area contributed by atoms with Gasteiger partial charge in [-0.1, -0.05) is 67.9 Å². The maximum Gasteiger partial charge on any atom is 0.149 e. The minimum atomic E-state index is 1.16. The molecule has 0 spiro atoms. The Bertz CT molecular complexity index is 553. The zero-order valence-electron chi connectivity index (χ0n) is 9.53. The fraction of sp³-hybridized carbons (Fsp3) is 0.0667. The summed E-state index contributed by atoms with van der Waals surface area (Å²) in [7, 11) is 2.11. The lowest BCUT2D eigenvalue weighted by atomic mass is 9.69. The molecule has 77 valence electrons. The van der Waals surface area contributed by atoms with E-state index in [1.54, 1.807) is 0 Å². The van der Waals surface area contributed by atoms with E-state index in [-0.39, 0.29) is 0 Å². The molecule has 0 atom stereocenters. The predicted octanol–water partition coefficient (Wildman–Crippen LogP) is 3.50. The minimum Gasteiger partial charge on any atom is -0.0985 e. The lowest BCUT2D eigenvalue weighted by Gasteiger charge is -2.11. The van der Waals surface area contributed by atoms with E-state index < -0.39 is 0 Å². The highest BCUT2D eigenvalue weighted by Crippen LogP contribution is 2.22. The van der Waals surface area contributed by atoms with Crippen molar-refractivity contribution in [3.8, 4) is 0 Å². The average Bonchev–Trinajstić information content (AvgIpc) is 2.36. The number of hydrogen-bond donors (Lipinski definition) is 0. The second-order valence-electron chi connectivity index (χ2n) is 3.71. The summed E-state index contributed by atoms with van der Waals surface area (Å²) in [6, 6.07) is 10.6. The molecule has 0 unspecified atom stereocenters. The van der Waals surface area contributed by atoms with Crippen LogP contribution in [0.15, 0.2) is 43.5 Å². The van der Waals surface area contributed by atoms with Crippen LogP contribution in [0.4, 0.5) is 0 Å². The Kier molecular flexibility index (Phi) is 2.96. The van der Waals surface area contributed by atoms with Crippen molar-refractivity contribution in [2.75, 3.05) is 0 Å². The first-order valence-corrected chi connectivity index (χ1v) is 5.41. The third-order valence-electron chi connectivity index (χ3n) is 2.88. The number of benzene rings is 2. The van der Waals surface area contributed by atoms with E-state index in [4.69, 9.17) is 0 Å². The van der Waals surface area contributed by atoms with Gasteiger partial charge in [0.1, 0.15) is 7.28 Å². The molecule has 0 saturated carbocycles. The van der Waals surface area contributed by atoms with E-state index in [0.717, 1.165) is 5.56 Å². The van der Waals surface area contributed by atoms with E-state index in [1.807, 2.05) is 19.0 Å². The first kappa shape index (κ1) is 10.8. The van der Waals surface area contributed by atoms with E-state index in [1.165, 1.54) is 21.8 Å². The number of fused-ring (bicyclic) bond motifs is 1. The largest absolute Gasteiger partial charge is 0.149 e. The molecule has 0 amide bonds. The smallest absolute Gasteiger partial charge is 0.0985 e. The predicted molar refractivity (Wildman–Crippen MR) is 75.4 cm³/mol. The molecule has 0 nitrogen and oxygen atoms in total. The van der Waals surface area contributed by atoms with Crippen LogP contribution in [-0.2, 0) is 0 Å². The standard InChI is InChI=1S/C15H14B/c1-4-12-13(5-2)15(16-3)10-11-8-6-7-9-14(11)12/h4-10H,1-2H2,3H3. The van der Waals surface area contributed by atoms with Gasteiger partial charge in [-0.2, -0.15) is 0 Å². The molecule has 0 saturated heterocycles. The summed E-state index contributed by atoms with van der Waals surface area (Å²) in [4.78, 5) is 0. The van der Waals surface area contributed by atoms with Crippen LogP contribution >= 0.6 is 0 Å². The molecular weight excluding hydrogens is 191 g/mol. The molecule has 2 aromatic rings. The number of hydrogen-bond acceptors (Lipinski definition) is 0. The Morgan fingerprint density at radius 1 is 1.06 bits per heavy atom. The third kappa shape index (κ3) is 1.59. The monoisotopic (exact) mass is 205 g/mol. The fourth-order valence-electron chi connectivity index (χ4n) is 2.10. The first-order chi connectivity index (χ1) is 7.81. The van der Waals surface area contributed by atoms with Gasteiger partial charge in [0.25, 0.3) is 0 Å². The average molecular weight is 205 g/mol. The van der Waals surface area contributed by atoms with Gasteiger partial charge in [0.15, 0.2) is 0 Å². The maximum absolute atomic E-state index is 3.90. The van der Waals surface area contributed by atoms with E-state index in [2.05, 4.69) is 50.8 Å². The summed E-state index contributed by atoms with van der Waals surface area (Å²) in [5.74, 6) is 0. The molecule has 0 aliphatic rings. The quantitative estimate of drug-likeness (QED) is 0.672. The van der Waals surface area contributed by atoms with Crippen LogP contribution in [0.3, 0.4) is 0 Å². The molecule has 0 bridgehead atoms. The van der Waals surface area contributed by atoms with Crippen LogP contribution in [0.2, 0.25) is 6.82 Å². The van der Waals surface area contributed by atoms with Gasteiger partial charge in [-0.05, 0) is 21.9 Å². The van der Waals surface area contributed by atoms with Gasteiger partial charge < -0.3 is 0 Å². The summed E-state index contributed by atoms with van der Waals surface area (Å²) in [5.41, 5.74) is 3.54. The Morgan fingerprint density at radius 2 is 1.75 bits per heavy atom. The minimum absolute atomic E-state index is 1.16. The van der Waals surface area contributed by atoms with Crippen molar-refractivity contribution in [2.24, 2.45) is 0 Å². The van der Waals surface area contributed by atoms with Gasteiger partial charge in [0.05, 0.1) is 0 Å². The molecule has 2 aromatic carbocycles. The molecule has 0 heterocycles. The van der Waals surface area contributed by atoms with Crippen LogP contribution in [0.5, 0.6) is 0 Å². The van der Waals surface area contributed by atoms with Crippen molar-refractivity contribution in [1.82, 2.24) is 0 Å². The molecule has 0 aromatic heterocycles. The van der Waals surface area contributed by atoms with Crippen molar-refractivity contribution < 1.29 is 0 Å². The van der Waals surface area contributed by atoms with Crippen LogP contribution in [-0.4, -0.2) is 7.28 Å². The lowest BCUT2D eigenvalue weighted by molar-refractivity contribution is 1.71. The number of rotatable bonds is 3. The zero-order valence-corrected chi connectivity index (χ0v) is 9.53. The topological polar surface area (TPSA) is 0 Å². The summed E-state index contributed by atoms with van der Waals surface area (Å²) in [5, 5.41) is 2.48. The van der Waals surface area contributed by atoms with Gasteiger partial charge in [-0.25, -0.2) is 0 Å². The summed E-state index contributed by atoms with van der Waals surface area (Å²) >= 11 is 0. The first-order valence-electron chi connectivity index (χ1n) is 5.41. The second-order valence-corrected chi connectivity index (χ2v) is 3.71. The molecule has 2 rings (SSSR count). The molecule has 16 heavy (non-hydrogen) atoms. The SMILES string of the molecule is C=Cc1c([B]C)cc2ccccc2c1C=C. The van der Waals surface area contributed by atoms with Crippen molar-refractivity contribution in [2.45, 2.75) is 6.82 Å². The van der Waals surface area contributed by atoms with Gasteiger partial charge in [0.2, 0.25) is 0 Å². The maximum atomic E-state index is 3.90. The van der Waals surface area contributed by atoms with Gasteiger partial charge in [-0.3, -0.25) is 0 Å². The zero-order chi connectivity index (χ0) is 11.5. The summed E-state index contributed by atoms with van der Waals surface area (Å²) < 4.78 is 0. The van der Waals surface area contributed by atoms with Gasteiger partial charge >= 0.3 is 0 Å². The molecular formula is C15H14B. The van der Waals surface area contributed by atoms with Gasteiger partial charge in [0, 0.05) is 0 Å². The van der Waals surface area contributed by atoms with E-state index in [0.29, 0.717) is 0 Å². The second kappa shape index (κ2) is 4.40. The Morgan fingerprint density at radius 3 is 2.38 bits per heavy atom. The van der Waals surface area contributed by atoms with Crippen molar-refractivity contribution in [3.05, 3.63) is 54.6 Å². The van der Waals surface area contributed by atoms with Crippen LogP contribution in [0.25, 0.3) is 22.9 Å². The Balaban J connectivity index is 2.93. The summed E-state index contributed by atoms with van der Waals surface area (Å²) in [6.07, 6.45) is 3.81. The molecule has 0 fully saturated rings. The van der Waals surface area contributed by atoms with Gasteiger partial charge in [-0.15, -0.1) is 0 Å². The normalized spacial score (nSPS) is 10.1. The van der Waals surface area contributed by atoms with Crippen molar-refractivity contribution in [3.63, 3.8) is 0 Å². The molecule has 1 radical (unpaired) electrons. The van der Waals surface area contributed by atoms with Crippen LogP contribution in [0, 0.1) is 0 Å². The third-order valence-corrected chi connectivity index (χ3v) is 2.88.